The van der Waals surface area contributed by atoms with Crippen LogP contribution in [0.25, 0.3) is 0 Å². The van der Waals surface area contributed by atoms with Crippen LogP contribution in [0.4, 0.5) is 22.7 Å². The first-order valence-electron chi connectivity index (χ1n) is 18.7. The average molecular weight is 879 g/mol. The first-order valence-corrected chi connectivity index (χ1v) is 20.3. The van der Waals surface area contributed by atoms with Gasteiger partial charge in [0, 0.05) is 32.4 Å². The number of hydrazine groups is 1. The molecule has 4 amide bonds. The number of hydrogen-bond donors (Lipinski definition) is 3. The number of anilines is 4. The number of imide groups is 2. The predicted octanol–water partition coefficient (Wildman–Crippen LogP) is 9.40. The summed E-state index contributed by atoms with van der Waals surface area (Å²) >= 11 is 16.3. The number of methoxy groups -OCH3 is 1. The first-order chi connectivity index (χ1) is 28.0. The van der Waals surface area contributed by atoms with Crippen molar-refractivity contribution in [1.29, 1.82) is 0 Å². The van der Waals surface area contributed by atoms with Gasteiger partial charge in [-0.2, -0.15) is 5.01 Å². The molecule has 10 nitrogen and oxygen atoms in total. The van der Waals surface area contributed by atoms with Crippen LogP contribution in [0.3, 0.4) is 0 Å². The number of ether oxygens (including phenoxy) is 1. The van der Waals surface area contributed by atoms with E-state index in [1.54, 1.807) is 66.7 Å². The molecule has 58 heavy (non-hydrogen) atoms. The molecule has 5 aromatic carbocycles. The van der Waals surface area contributed by atoms with Gasteiger partial charge in [-0.25, -0.2) is 0 Å². The highest BCUT2D eigenvalue weighted by molar-refractivity contribution is 9.10. The lowest BCUT2D eigenvalue weighted by molar-refractivity contribution is -0.138. The Hall–Kier alpha value is -5.62. The van der Waals surface area contributed by atoms with E-state index in [9.17, 15) is 14.7 Å². The van der Waals surface area contributed by atoms with E-state index in [-0.39, 0.29) is 41.1 Å². The molecule has 5 aromatic rings. The molecule has 13 heteroatoms. The summed E-state index contributed by atoms with van der Waals surface area (Å²) in [5, 5.41) is 16.6. The van der Waals surface area contributed by atoms with Crippen LogP contribution >= 0.6 is 39.1 Å². The van der Waals surface area contributed by atoms with Crippen molar-refractivity contribution in [3.8, 4) is 11.5 Å². The van der Waals surface area contributed by atoms with Gasteiger partial charge in [0.15, 0.2) is 0 Å². The largest absolute Gasteiger partial charge is 0.508 e. The van der Waals surface area contributed by atoms with Gasteiger partial charge in [0.05, 0.1) is 46.7 Å². The number of carbonyl (C=O) groups excluding carboxylic acids is 4. The number of phenolic OH excluding ortho intramolecular Hbond substituents is 1. The Kier molecular flexibility index (Phi) is 9.57. The fourth-order valence-corrected chi connectivity index (χ4v) is 10.4. The molecular weight excluding hydrogens is 843 g/mol. The lowest BCUT2D eigenvalue weighted by Crippen LogP contribution is -2.53. The van der Waals surface area contributed by atoms with Crippen LogP contribution in [-0.2, 0) is 24.6 Å². The molecular formula is C45H35BrCl2N4O6. The van der Waals surface area contributed by atoms with Crippen molar-refractivity contribution in [3.63, 3.8) is 0 Å². The number of carbonyl (C=O) groups is 4. The van der Waals surface area contributed by atoms with Crippen LogP contribution in [0, 0.1) is 23.7 Å². The number of hydrogen-bond acceptors (Lipinski definition) is 8. The maximum Gasteiger partial charge on any atom is 0.260 e. The summed E-state index contributed by atoms with van der Waals surface area (Å²) in [7, 11) is 1.54. The summed E-state index contributed by atoms with van der Waals surface area (Å²) in [5.41, 5.74) is 5.41. The average Bonchev–Trinajstić information content (AvgIpc) is 3.61. The van der Waals surface area contributed by atoms with Gasteiger partial charge in [-0.1, -0.05) is 81.1 Å². The van der Waals surface area contributed by atoms with Crippen molar-refractivity contribution in [2.24, 2.45) is 23.7 Å². The topological polar surface area (TPSA) is 128 Å². The van der Waals surface area contributed by atoms with Crippen molar-refractivity contribution in [2.45, 2.75) is 24.2 Å². The molecule has 4 aliphatic rings. The monoisotopic (exact) mass is 876 g/mol. The van der Waals surface area contributed by atoms with Crippen LogP contribution in [0.1, 0.15) is 29.9 Å². The lowest BCUT2D eigenvalue weighted by atomic mass is 9.49. The molecule has 2 aliphatic heterocycles. The van der Waals surface area contributed by atoms with Gasteiger partial charge < -0.3 is 15.2 Å². The Morgan fingerprint density at radius 2 is 1.53 bits per heavy atom. The number of nitrogens with one attached hydrogen (secondary N) is 2. The molecule has 3 N–H and O–H groups in total. The Labute approximate surface area is 352 Å². The standard InChI is InChI=1S/C45H35BrCl2N4O6/c1-58-30-15-7-24(8-16-30)45-35(42(55)52(44(45)57)50-37-19-10-26(47)22-36(37)48)23-33-31(40(45)34-21-25(46)9-20-38(34)53)17-18-32-39(33)43(56)51(41(32)54)29-13-11-28(12-14-29)49-27-5-3-2-4-6-27/h2-17,19-22,32-33,35,39-40,49-50,53H,18,23H2,1H3. The van der Waals surface area contributed by atoms with E-state index in [1.807, 2.05) is 48.5 Å². The molecule has 2 heterocycles. The van der Waals surface area contributed by atoms with Crippen LogP contribution in [0.2, 0.25) is 10.0 Å². The number of aromatic hydroxyl groups is 1. The number of halogens is 3. The van der Waals surface area contributed by atoms with E-state index < -0.39 is 46.8 Å². The zero-order valence-electron chi connectivity index (χ0n) is 30.9. The highest BCUT2D eigenvalue weighted by atomic mass is 79.9. The van der Waals surface area contributed by atoms with Crippen LogP contribution in [0.5, 0.6) is 11.5 Å². The van der Waals surface area contributed by atoms with Crippen molar-refractivity contribution in [3.05, 3.63) is 153 Å². The lowest BCUT2D eigenvalue weighted by Gasteiger charge is -2.50. The summed E-state index contributed by atoms with van der Waals surface area (Å²) < 4.78 is 6.12. The highest BCUT2D eigenvalue weighted by Gasteiger charge is 2.70. The number of para-hydroxylation sites is 1. The minimum Gasteiger partial charge on any atom is -0.508 e. The van der Waals surface area contributed by atoms with Crippen molar-refractivity contribution < 1.29 is 29.0 Å². The summed E-state index contributed by atoms with van der Waals surface area (Å²) in [6, 6.07) is 33.5. The predicted molar refractivity (Wildman–Crippen MR) is 225 cm³/mol. The minimum absolute atomic E-state index is 0.0776. The maximum absolute atomic E-state index is 15.5. The number of fused-ring (bicyclic) bond motifs is 4. The molecule has 2 aliphatic carbocycles. The van der Waals surface area contributed by atoms with E-state index in [2.05, 4.69) is 26.7 Å². The summed E-state index contributed by atoms with van der Waals surface area (Å²) in [4.78, 5) is 60.8. The molecule has 292 valence electrons. The number of phenols is 1. The van der Waals surface area contributed by atoms with Gasteiger partial charge >= 0.3 is 0 Å². The Balaban J connectivity index is 1.17. The van der Waals surface area contributed by atoms with Crippen molar-refractivity contribution in [1.82, 2.24) is 5.01 Å². The van der Waals surface area contributed by atoms with E-state index in [1.165, 1.54) is 18.1 Å². The Morgan fingerprint density at radius 3 is 2.24 bits per heavy atom. The van der Waals surface area contributed by atoms with Crippen LogP contribution in [-0.4, -0.2) is 40.9 Å². The fraction of sp³-hybridized carbons (Fsp3) is 0.200. The smallest absolute Gasteiger partial charge is 0.260 e. The Bertz CT molecular complexity index is 2540. The normalized spacial score (nSPS) is 24.9. The van der Waals surface area contributed by atoms with Gasteiger partial charge in [-0.3, -0.25) is 29.5 Å². The van der Waals surface area contributed by atoms with Gasteiger partial charge in [0.2, 0.25) is 11.8 Å². The molecule has 0 radical (unpaired) electrons. The second kappa shape index (κ2) is 14.6. The van der Waals surface area contributed by atoms with Crippen LogP contribution < -0.4 is 20.4 Å². The third-order valence-electron chi connectivity index (χ3n) is 12.1. The second-order valence-corrected chi connectivity index (χ2v) is 16.7. The number of amides is 4. The molecule has 6 atom stereocenters. The fourth-order valence-electron chi connectivity index (χ4n) is 9.58. The summed E-state index contributed by atoms with van der Waals surface area (Å²) in [5.74, 6) is -5.47. The SMILES string of the molecule is COc1ccc(C23C(=O)N(Nc4ccc(Cl)cc4Cl)C(=O)C2CC2C(=CCC4C(=O)N(c5ccc(Nc6ccccc6)cc5)C(=O)C42)C3c2cc(Br)ccc2O)cc1. The van der Waals surface area contributed by atoms with Gasteiger partial charge in [-0.05, 0) is 109 Å². The zero-order chi connectivity index (χ0) is 40.5. The van der Waals surface area contributed by atoms with Crippen LogP contribution in [0.15, 0.2) is 131 Å². The zero-order valence-corrected chi connectivity index (χ0v) is 34.0. The van der Waals surface area contributed by atoms with Gasteiger partial charge in [0.25, 0.3) is 11.8 Å². The van der Waals surface area contributed by atoms with Crippen molar-refractivity contribution >= 4 is 85.5 Å². The minimum atomic E-state index is -1.62. The maximum atomic E-state index is 15.5. The quantitative estimate of drug-likeness (QED) is 0.104. The summed E-state index contributed by atoms with van der Waals surface area (Å²) in [6.45, 7) is 0. The molecule has 1 saturated carbocycles. The molecule has 0 spiro atoms. The number of benzene rings is 5. The first kappa shape index (κ1) is 37.9. The van der Waals surface area contributed by atoms with Gasteiger partial charge in [0.1, 0.15) is 11.5 Å². The number of rotatable bonds is 8. The number of allylic oxidation sites excluding steroid dienone is 2. The van der Waals surface area contributed by atoms with E-state index >= 15 is 9.59 Å². The Morgan fingerprint density at radius 1 is 0.810 bits per heavy atom. The molecule has 0 aromatic heterocycles. The summed E-state index contributed by atoms with van der Waals surface area (Å²) in [6.07, 6.45) is 2.25. The molecule has 2 saturated heterocycles. The molecule has 3 fully saturated rings. The second-order valence-electron chi connectivity index (χ2n) is 15.0. The molecule has 6 unspecified atom stereocenters. The van der Waals surface area contributed by atoms with E-state index in [0.717, 1.165) is 16.4 Å². The highest BCUT2D eigenvalue weighted by Crippen LogP contribution is 2.65. The molecule has 9 rings (SSSR count). The van der Waals surface area contributed by atoms with E-state index in [4.69, 9.17) is 27.9 Å². The number of nitrogens with zero attached hydrogens (tertiary/aromatic N) is 2. The van der Waals surface area contributed by atoms with E-state index in [0.29, 0.717) is 37.6 Å². The third kappa shape index (κ3) is 5.98. The van der Waals surface area contributed by atoms with Crippen molar-refractivity contribution in [2.75, 3.05) is 22.8 Å². The molecule has 0 bridgehead atoms. The van der Waals surface area contributed by atoms with Gasteiger partial charge in [-0.15, -0.1) is 0 Å². The third-order valence-corrected chi connectivity index (χ3v) is 13.1.